The summed E-state index contributed by atoms with van der Waals surface area (Å²) in [4.78, 5) is 13.2. The predicted octanol–water partition coefficient (Wildman–Crippen LogP) is 6.98. The Balaban J connectivity index is 1.56. The summed E-state index contributed by atoms with van der Waals surface area (Å²) in [5.74, 6) is 2.13. The molecule has 0 unspecified atom stereocenters. The Kier molecular flexibility index (Phi) is 5.65. The lowest BCUT2D eigenvalue weighted by Crippen LogP contribution is -2.67. The van der Waals surface area contributed by atoms with E-state index >= 15 is 0 Å². The fraction of sp³-hybridized carbons (Fsp3) is 0.867. The van der Waals surface area contributed by atoms with Gasteiger partial charge in [0.05, 0.1) is 11.1 Å². The number of amides is 1. The molecule has 0 aromatic carbocycles. The van der Waals surface area contributed by atoms with Gasteiger partial charge in [0.2, 0.25) is 5.91 Å². The maximum Gasteiger partial charge on any atom is 0.249 e. The van der Waals surface area contributed by atoms with Crippen LogP contribution in [0.15, 0.2) is 17.3 Å². The number of carbonyl (C=O) groups excluding carboxylic acids is 1. The van der Waals surface area contributed by atoms with Gasteiger partial charge in [-0.05, 0) is 117 Å². The molecule has 5 saturated carbocycles. The second-order valence-electron chi connectivity index (χ2n) is 14.6. The van der Waals surface area contributed by atoms with Crippen molar-refractivity contribution < 1.29 is 15.2 Å². The van der Waals surface area contributed by atoms with Crippen LogP contribution in [0.1, 0.15) is 106 Å². The standard InChI is InChI=1S/C30H48N2O3/c1-18(2)19-10-15-30(25(33)32-35)17-16-28(6)20(24(19)30)8-9-22-27(5)13-12-23(31-34)26(3,4)21(27)11-14-29(22,28)7/h19-22,24,34-35H,1,8-17H2,2-7H3,(H,32,33)/b31-23-/t19-,20+,21-,22+,24+,27-,28+,29+,30-/m0/s1. The summed E-state index contributed by atoms with van der Waals surface area (Å²) in [6, 6.07) is 0. The number of hydrogen-bond acceptors (Lipinski definition) is 4. The molecule has 0 saturated heterocycles. The smallest absolute Gasteiger partial charge is 0.249 e. The molecule has 0 bridgehead atoms. The molecule has 0 aromatic heterocycles. The molecule has 9 atom stereocenters. The number of oxime groups is 1. The largest absolute Gasteiger partial charge is 0.411 e. The van der Waals surface area contributed by atoms with E-state index in [4.69, 9.17) is 0 Å². The molecule has 196 valence electrons. The normalized spacial score (nSPS) is 51.5. The van der Waals surface area contributed by atoms with Crippen LogP contribution in [0.25, 0.3) is 0 Å². The van der Waals surface area contributed by atoms with Crippen LogP contribution in [-0.2, 0) is 4.79 Å². The summed E-state index contributed by atoms with van der Waals surface area (Å²) in [5.41, 5.74) is 4.38. The fourth-order valence-electron chi connectivity index (χ4n) is 11.6. The molecule has 5 heteroatoms. The number of carbonyl (C=O) groups is 1. The molecule has 3 N–H and O–H groups in total. The maximum atomic E-state index is 13.2. The highest BCUT2D eigenvalue weighted by Crippen LogP contribution is 2.77. The van der Waals surface area contributed by atoms with Gasteiger partial charge in [0.1, 0.15) is 0 Å². The molecule has 35 heavy (non-hydrogen) atoms. The van der Waals surface area contributed by atoms with Crippen molar-refractivity contribution in [1.82, 2.24) is 5.48 Å². The van der Waals surface area contributed by atoms with Crippen molar-refractivity contribution in [3.8, 4) is 0 Å². The fourth-order valence-corrected chi connectivity index (χ4v) is 11.6. The van der Waals surface area contributed by atoms with E-state index in [0.717, 1.165) is 50.7 Å². The molecule has 0 radical (unpaired) electrons. The Labute approximate surface area is 212 Å². The SMILES string of the molecule is C=C(C)[C@@H]1CC[C@]2(C(=O)NO)CC[C@]3(C)[C@H](CC[C@@H]4[C@@]5(C)CC/C(=N/O)C(C)(C)[C@@H]5CC[C@]43C)[C@@H]12. The average molecular weight is 485 g/mol. The Morgan fingerprint density at radius 1 is 0.943 bits per heavy atom. The number of nitrogens with one attached hydrogen (secondary N) is 1. The molecule has 0 spiro atoms. The Morgan fingerprint density at radius 3 is 2.29 bits per heavy atom. The first kappa shape index (κ1) is 25.3. The third kappa shape index (κ3) is 2.97. The van der Waals surface area contributed by atoms with Crippen molar-refractivity contribution in [2.75, 3.05) is 0 Å². The second-order valence-corrected chi connectivity index (χ2v) is 14.6. The lowest BCUT2D eigenvalue weighted by molar-refractivity contribution is -0.228. The molecule has 0 heterocycles. The van der Waals surface area contributed by atoms with Crippen LogP contribution in [0, 0.1) is 56.7 Å². The molecule has 0 aliphatic heterocycles. The first-order valence-electron chi connectivity index (χ1n) is 14.1. The molecule has 0 aromatic rings. The number of hydroxylamine groups is 1. The second kappa shape index (κ2) is 7.82. The minimum absolute atomic E-state index is 0.0712. The minimum Gasteiger partial charge on any atom is -0.411 e. The van der Waals surface area contributed by atoms with Crippen LogP contribution in [0.5, 0.6) is 0 Å². The quantitative estimate of drug-likeness (QED) is 0.171. The zero-order valence-corrected chi connectivity index (χ0v) is 22.9. The number of nitrogens with zero attached hydrogens (tertiary/aromatic N) is 1. The summed E-state index contributed by atoms with van der Waals surface area (Å²) in [7, 11) is 0. The van der Waals surface area contributed by atoms with E-state index in [1.807, 2.05) is 0 Å². The monoisotopic (exact) mass is 484 g/mol. The first-order valence-corrected chi connectivity index (χ1v) is 14.1. The highest BCUT2D eigenvalue weighted by Gasteiger charge is 2.71. The predicted molar refractivity (Wildman–Crippen MR) is 138 cm³/mol. The van der Waals surface area contributed by atoms with Gasteiger partial charge in [-0.25, -0.2) is 5.48 Å². The summed E-state index contributed by atoms with van der Waals surface area (Å²) in [6.45, 7) is 18.8. The highest BCUT2D eigenvalue weighted by molar-refractivity contribution is 5.90. The molecule has 1 amide bonds. The van der Waals surface area contributed by atoms with E-state index < -0.39 is 5.41 Å². The zero-order chi connectivity index (χ0) is 25.6. The number of allylic oxidation sites excluding steroid dienone is 1. The lowest BCUT2D eigenvalue weighted by atomic mass is 9.32. The molecule has 5 nitrogen and oxygen atoms in total. The van der Waals surface area contributed by atoms with Gasteiger partial charge in [0.15, 0.2) is 0 Å². The van der Waals surface area contributed by atoms with Crippen molar-refractivity contribution in [3.63, 3.8) is 0 Å². The summed E-state index contributed by atoms with van der Waals surface area (Å²) in [5, 5.41) is 23.3. The van der Waals surface area contributed by atoms with E-state index in [-0.39, 0.29) is 33.5 Å². The number of fused-ring (bicyclic) bond motifs is 7. The van der Waals surface area contributed by atoms with Crippen LogP contribution in [-0.4, -0.2) is 22.0 Å². The molecule has 5 fully saturated rings. The van der Waals surface area contributed by atoms with E-state index in [1.54, 1.807) is 0 Å². The average Bonchev–Trinajstić information content (AvgIpc) is 3.20. The summed E-state index contributed by atoms with van der Waals surface area (Å²) >= 11 is 0. The minimum atomic E-state index is -0.452. The third-order valence-corrected chi connectivity index (χ3v) is 13.5. The van der Waals surface area contributed by atoms with Crippen molar-refractivity contribution in [2.45, 2.75) is 106 Å². The van der Waals surface area contributed by atoms with E-state index in [0.29, 0.717) is 23.7 Å². The number of hydrogen-bond donors (Lipinski definition) is 3. The Hall–Kier alpha value is -1.36. The Bertz CT molecular complexity index is 957. The maximum absolute atomic E-state index is 13.2. The topological polar surface area (TPSA) is 81.9 Å². The van der Waals surface area contributed by atoms with Crippen molar-refractivity contribution in [3.05, 3.63) is 12.2 Å². The molecular formula is C30H48N2O3. The number of rotatable bonds is 2. The van der Waals surface area contributed by atoms with E-state index in [9.17, 15) is 15.2 Å². The van der Waals surface area contributed by atoms with Crippen LogP contribution in [0.2, 0.25) is 0 Å². The van der Waals surface area contributed by atoms with Gasteiger partial charge in [-0.2, -0.15) is 0 Å². The van der Waals surface area contributed by atoms with Gasteiger partial charge in [0.25, 0.3) is 0 Å². The molecule has 5 rings (SSSR count). The van der Waals surface area contributed by atoms with Gasteiger partial charge in [-0.3, -0.25) is 10.0 Å². The van der Waals surface area contributed by atoms with E-state index in [1.165, 1.54) is 24.8 Å². The van der Waals surface area contributed by atoms with Gasteiger partial charge >= 0.3 is 0 Å². The van der Waals surface area contributed by atoms with Gasteiger partial charge in [-0.15, -0.1) is 0 Å². The van der Waals surface area contributed by atoms with Crippen molar-refractivity contribution >= 4 is 11.6 Å². The van der Waals surface area contributed by atoms with Gasteiger partial charge in [0, 0.05) is 5.41 Å². The third-order valence-electron chi connectivity index (χ3n) is 13.5. The van der Waals surface area contributed by atoms with Crippen LogP contribution < -0.4 is 5.48 Å². The highest BCUT2D eigenvalue weighted by atomic mass is 16.5. The van der Waals surface area contributed by atoms with Crippen molar-refractivity contribution in [1.29, 1.82) is 0 Å². The molecule has 5 aliphatic rings. The zero-order valence-electron chi connectivity index (χ0n) is 22.9. The molecule has 5 aliphatic carbocycles. The first-order chi connectivity index (χ1) is 16.3. The van der Waals surface area contributed by atoms with Crippen LogP contribution in [0.4, 0.5) is 0 Å². The van der Waals surface area contributed by atoms with Gasteiger partial charge < -0.3 is 5.21 Å². The molecular weight excluding hydrogens is 436 g/mol. The van der Waals surface area contributed by atoms with Crippen LogP contribution >= 0.6 is 0 Å². The van der Waals surface area contributed by atoms with Crippen LogP contribution in [0.3, 0.4) is 0 Å². The Morgan fingerprint density at radius 2 is 1.66 bits per heavy atom. The summed E-state index contributed by atoms with van der Waals surface area (Å²) < 4.78 is 0. The summed E-state index contributed by atoms with van der Waals surface area (Å²) in [6.07, 6.45) is 10.6. The van der Waals surface area contributed by atoms with Crippen molar-refractivity contribution in [2.24, 2.45) is 61.8 Å². The van der Waals surface area contributed by atoms with Gasteiger partial charge in [-0.1, -0.05) is 51.9 Å². The lowest BCUT2D eigenvalue weighted by Gasteiger charge is -2.72. The van der Waals surface area contributed by atoms with E-state index in [2.05, 4.69) is 58.8 Å².